The van der Waals surface area contributed by atoms with Crippen LogP contribution in [0.1, 0.15) is 25.7 Å². The van der Waals surface area contributed by atoms with Crippen molar-refractivity contribution in [2.45, 2.75) is 25.7 Å². The molecule has 0 aromatic rings. The van der Waals surface area contributed by atoms with E-state index in [9.17, 15) is 4.79 Å². The summed E-state index contributed by atoms with van der Waals surface area (Å²) in [6, 6.07) is 0. The Morgan fingerprint density at radius 1 is 1.29 bits per heavy atom. The van der Waals surface area contributed by atoms with Gasteiger partial charge in [0, 0.05) is 19.5 Å². The average Bonchev–Trinajstić information content (AvgIpc) is 2.13. The first kappa shape index (κ1) is 13.4. The van der Waals surface area contributed by atoms with Crippen molar-refractivity contribution in [2.75, 3.05) is 33.7 Å². The monoisotopic (exact) mass is 202 g/mol. The highest BCUT2D eigenvalue weighted by molar-refractivity contribution is 5.66. The summed E-state index contributed by atoms with van der Waals surface area (Å²) in [4.78, 5) is 12.5. The summed E-state index contributed by atoms with van der Waals surface area (Å²) in [6.45, 7) is 3.11. The molecule has 0 fully saturated rings. The largest absolute Gasteiger partial charge is 0.481 e. The number of unbranched alkanes of at least 4 members (excludes halogenated alkanes) is 2. The highest BCUT2D eigenvalue weighted by Crippen LogP contribution is 2.00. The molecule has 4 heteroatoms. The van der Waals surface area contributed by atoms with Crippen molar-refractivity contribution in [1.29, 1.82) is 0 Å². The number of carboxylic acid groups (broad SMARTS) is 1. The molecule has 4 nitrogen and oxygen atoms in total. The summed E-state index contributed by atoms with van der Waals surface area (Å²) in [5, 5.41) is 11.5. The first-order valence-corrected chi connectivity index (χ1v) is 5.21. The summed E-state index contributed by atoms with van der Waals surface area (Å²) in [5.41, 5.74) is 0. The standard InChI is InChI=1S/C10H22N2O2/c1-11-7-9-12(2)8-5-3-4-6-10(13)14/h11H,3-9H2,1-2H3,(H,13,14). The van der Waals surface area contributed by atoms with E-state index in [-0.39, 0.29) is 0 Å². The van der Waals surface area contributed by atoms with Gasteiger partial charge in [-0.3, -0.25) is 4.79 Å². The second kappa shape index (κ2) is 8.97. The van der Waals surface area contributed by atoms with Gasteiger partial charge in [0.2, 0.25) is 0 Å². The highest BCUT2D eigenvalue weighted by Gasteiger charge is 1.99. The maximum atomic E-state index is 10.2. The molecule has 0 saturated heterocycles. The van der Waals surface area contributed by atoms with Crippen LogP contribution < -0.4 is 5.32 Å². The second-order valence-corrected chi connectivity index (χ2v) is 3.61. The van der Waals surface area contributed by atoms with Crippen molar-refractivity contribution >= 4 is 5.97 Å². The predicted molar refractivity (Wildman–Crippen MR) is 57.5 cm³/mol. The number of rotatable bonds is 9. The average molecular weight is 202 g/mol. The van der Waals surface area contributed by atoms with E-state index in [1.807, 2.05) is 7.05 Å². The molecule has 0 aromatic heterocycles. The van der Waals surface area contributed by atoms with Crippen LogP contribution in [0.25, 0.3) is 0 Å². The maximum Gasteiger partial charge on any atom is 0.303 e. The van der Waals surface area contributed by atoms with E-state index in [1.54, 1.807) is 0 Å². The van der Waals surface area contributed by atoms with Crippen molar-refractivity contribution in [1.82, 2.24) is 10.2 Å². The minimum atomic E-state index is -0.687. The van der Waals surface area contributed by atoms with E-state index in [1.165, 1.54) is 0 Å². The molecule has 0 aliphatic heterocycles. The normalized spacial score (nSPS) is 10.8. The lowest BCUT2D eigenvalue weighted by atomic mass is 10.2. The molecule has 0 amide bonds. The van der Waals surface area contributed by atoms with Crippen LogP contribution in [0.3, 0.4) is 0 Å². The van der Waals surface area contributed by atoms with E-state index in [4.69, 9.17) is 5.11 Å². The Hall–Kier alpha value is -0.610. The lowest BCUT2D eigenvalue weighted by Gasteiger charge is -2.15. The SMILES string of the molecule is CNCCN(C)CCCCCC(=O)O. The van der Waals surface area contributed by atoms with E-state index in [2.05, 4.69) is 17.3 Å². The third-order valence-electron chi connectivity index (χ3n) is 2.17. The van der Waals surface area contributed by atoms with Gasteiger partial charge in [-0.2, -0.15) is 0 Å². The van der Waals surface area contributed by atoms with Gasteiger partial charge in [-0.15, -0.1) is 0 Å². The second-order valence-electron chi connectivity index (χ2n) is 3.61. The molecular formula is C10H22N2O2. The van der Waals surface area contributed by atoms with E-state index in [0.717, 1.165) is 38.9 Å². The Labute approximate surface area is 86.3 Å². The molecular weight excluding hydrogens is 180 g/mol. The number of hydrogen-bond donors (Lipinski definition) is 2. The number of carboxylic acids is 1. The third-order valence-corrected chi connectivity index (χ3v) is 2.17. The van der Waals surface area contributed by atoms with Crippen LogP contribution in [-0.2, 0) is 4.79 Å². The number of likely N-dealkylation sites (N-methyl/N-ethyl adjacent to an activating group) is 2. The van der Waals surface area contributed by atoms with Gasteiger partial charge >= 0.3 is 5.97 Å². The first-order chi connectivity index (χ1) is 6.66. The number of hydrogen-bond acceptors (Lipinski definition) is 3. The van der Waals surface area contributed by atoms with Gasteiger partial charge in [-0.1, -0.05) is 6.42 Å². The molecule has 0 rings (SSSR count). The van der Waals surface area contributed by atoms with Gasteiger partial charge < -0.3 is 15.3 Å². The number of aliphatic carboxylic acids is 1. The van der Waals surface area contributed by atoms with Gasteiger partial charge in [0.1, 0.15) is 0 Å². The molecule has 0 unspecified atom stereocenters. The molecule has 0 bridgehead atoms. The zero-order chi connectivity index (χ0) is 10.8. The zero-order valence-corrected chi connectivity index (χ0v) is 9.25. The van der Waals surface area contributed by atoms with Crippen molar-refractivity contribution in [3.63, 3.8) is 0 Å². The molecule has 0 saturated carbocycles. The number of carbonyl (C=O) groups is 1. The molecule has 0 aliphatic carbocycles. The Morgan fingerprint density at radius 2 is 2.00 bits per heavy atom. The molecule has 0 spiro atoms. The van der Waals surface area contributed by atoms with E-state index < -0.39 is 5.97 Å². The molecule has 0 radical (unpaired) electrons. The molecule has 2 N–H and O–H groups in total. The van der Waals surface area contributed by atoms with E-state index >= 15 is 0 Å². The smallest absolute Gasteiger partial charge is 0.303 e. The third kappa shape index (κ3) is 9.48. The van der Waals surface area contributed by atoms with Crippen LogP contribution in [0, 0.1) is 0 Å². The Morgan fingerprint density at radius 3 is 2.57 bits per heavy atom. The van der Waals surface area contributed by atoms with Crippen molar-refractivity contribution < 1.29 is 9.90 Å². The van der Waals surface area contributed by atoms with Gasteiger partial charge in [0.25, 0.3) is 0 Å². The van der Waals surface area contributed by atoms with Crippen LogP contribution in [0.4, 0.5) is 0 Å². The minimum absolute atomic E-state index is 0.306. The van der Waals surface area contributed by atoms with Crippen LogP contribution in [-0.4, -0.2) is 49.7 Å². The fourth-order valence-corrected chi connectivity index (χ4v) is 1.25. The fraction of sp³-hybridized carbons (Fsp3) is 0.900. The van der Waals surface area contributed by atoms with Crippen LogP contribution in [0.2, 0.25) is 0 Å². The van der Waals surface area contributed by atoms with Gasteiger partial charge in [-0.25, -0.2) is 0 Å². The lowest BCUT2D eigenvalue weighted by molar-refractivity contribution is -0.137. The molecule has 14 heavy (non-hydrogen) atoms. The van der Waals surface area contributed by atoms with Gasteiger partial charge in [-0.05, 0) is 33.5 Å². The van der Waals surface area contributed by atoms with Crippen molar-refractivity contribution in [2.24, 2.45) is 0 Å². The van der Waals surface area contributed by atoms with Crippen molar-refractivity contribution in [3.8, 4) is 0 Å². The van der Waals surface area contributed by atoms with Gasteiger partial charge in [0.05, 0.1) is 0 Å². The fourth-order valence-electron chi connectivity index (χ4n) is 1.25. The lowest BCUT2D eigenvalue weighted by Crippen LogP contribution is -2.28. The van der Waals surface area contributed by atoms with E-state index in [0.29, 0.717) is 6.42 Å². The van der Waals surface area contributed by atoms with Gasteiger partial charge in [0.15, 0.2) is 0 Å². The molecule has 0 atom stereocenters. The summed E-state index contributed by atoms with van der Waals surface area (Å²) < 4.78 is 0. The molecule has 0 aliphatic rings. The Bertz CT molecular complexity index is 151. The summed E-state index contributed by atoms with van der Waals surface area (Å²) in [7, 11) is 4.04. The zero-order valence-electron chi connectivity index (χ0n) is 9.25. The topological polar surface area (TPSA) is 52.6 Å². The quantitative estimate of drug-likeness (QED) is 0.543. The summed E-state index contributed by atoms with van der Waals surface area (Å²) in [5.74, 6) is -0.687. The Kier molecular flexibility index (Phi) is 8.57. The molecule has 0 heterocycles. The highest BCUT2D eigenvalue weighted by atomic mass is 16.4. The minimum Gasteiger partial charge on any atom is -0.481 e. The van der Waals surface area contributed by atoms with Crippen molar-refractivity contribution in [3.05, 3.63) is 0 Å². The Balaban J connectivity index is 3.14. The van der Waals surface area contributed by atoms with Crippen LogP contribution in [0.15, 0.2) is 0 Å². The van der Waals surface area contributed by atoms with Crippen LogP contribution in [0.5, 0.6) is 0 Å². The molecule has 0 aromatic carbocycles. The first-order valence-electron chi connectivity index (χ1n) is 5.21. The number of nitrogens with zero attached hydrogens (tertiary/aromatic N) is 1. The van der Waals surface area contributed by atoms with Crippen LogP contribution >= 0.6 is 0 Å². The number of nitrogens with one attached hydrogen (secondary N) is 1. The maximum absolute atomic E-state index is 10.2. The predicted octanol–water partition coefficient (Wildman–Crippen LogP) is 0.783. The molecule has 84 valence electrons. The summed E-state index contributed by atoms with van der Waals surface area (Å²) >= 11 is 0. The summed E-state index contributed by atoms with van der Waals surface area (Å²) in [6.07, 6.45) is 3.21.